The molecular weight excluding hydrogens is 238 g/mol. The van der Waals surface area contributed by atoms with E-state index >= 15 is 0 Å². The Balaban J connectivity index is 2.53. The first-order valence-electron chi connectivity index (χ1n) is 5.92. The first-order chi connectivity index (χ1) is 8.54. The van der Waals surface area contributed by atoms with Gasteiger partial charge in [0.1, 0.15) is 12.3 Å². The van der Waals surface area contributed by atoms with Crippen LogP contribution in [0, 0.1) is 0 Å². The summed E-state index contributed by atoms with van der Waals surface area (Å²) in [5, 5.41) is 16.0. The van der Waals surface area contributed by atoms with Crippen LogP contribution in [0.2, 0.25) is 0 Å². The van der Waals surface area contributed by atoms with Crippen molar-refractivity contribution >= 4 is 23.5 Å². The van der Waals surface area contributed by atoms with Crippen LogP contribution >= 0.6 is 0 Å². The van der Waals surface area contributed by atoms with Gasteiger partial charge in [-0.3, -0.25) is 9.59 Å². The van der Waals surface area contributed by atoms with Crippen LogP contribution in [0.3, 0.4) is 0 Å². The molecular formula is C11H17N3O4. The van der Waals surface area contributed by atoms with Gasteiger partial charge in [-0.15, -0.1) is 0 Å². The number of hydrogen-bond acceptors (Lipinski definition) is 4. The topological polar surface area (TPSA) is 99.1 Å². The van der Waals surface area contributed by atoms with Crippen molar-refractivity contribution < 1.29 is 19.5 Å². The van der Waals surface area contributed by atoms with Gasteiger partial charge < -0.3 is 10.4 Å². The van der Waals surface area contributed by atoms with E-state index in [1.807, 2.05) is 6.92 Å². The highest BCUT2D eigenvalue weighted by Crippen LogP contribution is 2.08. The molecule has 0 bridgehead atoms. The third-order valence-corrected chi connectivity index (χ3v) is 2.50. The minimum Gasteiger partial charge on any atom is -0.477 e. The number of carboxylic acid groups (broad SMARTS) is 1. The van der Waals surface area contributed by atoms with Crippen molar-refractivity contribution in [3.8, 4) is 0 Å². The van der Waals surface area contributed by atoms with Crippen LogP contribution in [0.4, 0.5) is 0 Å². The second-order valence-electron chi connectivity index (χ2n) is 4.01. The molecule has 100 valence electrons. The molecule has 2 N–H and O–H groups in total. The van der Waals surface area contributed by atoms with Crippen LogP contribution in [0.5, 0.6) is 0 Å². The van der Waals surface area contributed by atoms with E-state index in [-0.39, 0.29) is 36.9 Å². The number of nitrogens with zero attached hydrogens (tertiary/aromatic N) is 2. The second kappa shape index (κ2) is 6.73. The van der Waals surface area contributed by atoms with Crippen LogP contribution in [-0.4, -0.2) is 46.7 Å². The maximum atomic E-state index is 11.5. The third-order valence-electron chi connectivity index (χ3n) is 2.50. The van der Waals surface area contributed by atoms with E-state index in [4.69, 9.17) is 5.11 Å². The fourth-order valence-corrected chi connectivity index (χ4v) is 1.48. The van der Waals surface area contributed by atoms with Gasteiger partial charge in [0.2, 0.25) is 11.8 Å². The lowest BCUT2D eigenvalue weighted by Gasteiger charge is -2.21. The first kappa shape index (κ1) is 14.1. The monoisotopic (exact) mass is 255 g/mol. The van der Waals surface area contributed by atoms with Gasteiger partial charge >= 0.3 is 5.97 Å². The Bertz CT molecular complexity index is 378. The highest BCUT2D eigenvalue weighted by atomic mass is 16.4. The fourth-order valence-electron chi connectivity index (χ4n) is 1.48. The molecule has 0 aromatic carbocycles. The number of carboxylic acids is 1. The van der Waals surface area contributed by atoms with Crippen molar-refractivity contribution in [2.75, 3.05) is 13.1 Å². The van der Waals surface area contributed by atoms with Gasteiger partial charge in [0, 0.05) is 19.4 Å². The number of aliphatic carboxylic acids is 1. The zero-order valence-electron chi connectivity index (χ0n) is 10.3. The number of nitrogens with one attached hydrogen (secondary N) is 1. The van der Waals surface area contributed by atoms with Crippen LogP contribution in [0.25, 0.3) is 0 Å². The molecule has 1 aliphatic heterocycles. The highest BCUT2D eigenvalue weighted by Gasteiger charge is 2.25. The van der Waals surface area contributed by atoms with E-state index in [1.54, 1.807) is 0 Å². The van der Waals surface area contributed by atoms with E-state index in [0.717, 1.165) is 17.9 Å². The van der Waals surface area contributed by atoms with Gasteiger partial charge in [-0.05, 0) is 6.42 Å². The van der Waals surface area contributed by atoms with Crippen molar-refractivity contribution in [1.82, 2.24) is 10.3 Å². The van der Waals surface area contributed by atoms with E-state index in [0.29, 0.717) is 6.54 Å². The molecule has 2 amide bonds. The minimum absolute atomic E-state index is 0.0768. The molecule has 0 spiro atoms. The van der Waals surface area contributed by atoms with Crippen LogP contribution in [-0.2, 0) is 14.4 Å². The molecule has 1 heterocycles. The molecule has 1 rings (SSSR count). The Morgan fingerprint density at radius 1 is 1.44 bits per heavy atom. The van der Waals surface area contributed by atoms with Crippen LogP contribution < -0.4 is 5.32 Å². The predicted molar refractivity (Wildman–Crippen MR) is 63.9 cm³/mol. The molecule has 0 unspecified atom stereocenters. The summed E-state index contributed by atoms with van der Waals surface area (Å²) in [6.45, 7) is 2.33. The predicted octanol–water partition coefficient (Wildman–Crippen LogP) is -0.0343. The Labute approximate surface area is 105 Å². The summed E-state index contributed by atoms with van der Waals surface area (Å²) < 4.78 is 0. The SMILES string of the molecule is CCCCNC(=O)CN1N=C(C(=O)O)CCC1=O. The molecule has 0 radical (unpaired) electrons. The smallest absolute Gasteiger partial charge is 0.352 e. The molecule has 0 fully saturated rings. The first-order valence-corrected chi connectivity index (χ1v) is 5.92. The lowest BCUT2D eigenvalue weighted by Crippen LogP contribution is -2.41. The zero-order valence-corrected chi connectivity index (χ0v) is 10.3. The number of unbranched alkanes of at least 4 members (excludes halogenated alkanes) is 1. The van der Waals surface area contributed by atoms with E-state index in [1.165, 1.54) is 0 Å². The lowest BCUT2D eigenvalue weighted by atomic mass is 10.2. The maximum absolute atomic E-state index is 11.5. The molecule has 0 saturated heterocycles. The Kier molecular flexibility index (Phi) is 5.29. The standard InChI is InChI=1S/C11H17N3O4/c1-2-3-6-12-9(15)7-14-10(16)5-4-8(13-14)11(17)18/h2-7H2,1H3,(H,12,15)(H,17,18). The van der Waals surface area contributed by atoms with Crippen molar-refractivity contribution in [2.45, 2.75) is 32.6 Å². The lowest BCUT2D eigenvalue weighted by molar-refractivity contribution is -0.137. The molecule has 1 aliphatic rings. The quantitative estimate of drug-likeness (QED) is 0.651. The highest BCUT2D eigenvalue weighted by molar-refractivity contribution is 6.36. The Morgan fingerprint density at radius 2 is 2.17 bits per heavy atom. The number of carbonyl (C=O) groups excluding carboxylic acids is 2. The van der Waals surface area contributed by atoms with E-state index in [9.17, 15) is 14.4 Å². The van der Waals surface area contributed by atoms with Gasteiger partial charge in [-0.25, -0.2) is 9.80 Å². The Morgan fingerprint density at radius 3 is 2.78 bits per heavy atom. The summed E-state index contributed by atoms with van der Waals surface area (Å²) in [7, 11) is 0. The Hall–Kier alpha value is -1.92. The number of rotatable bonds is 6. The average Bonchev–Trinajstić information content (AvgIpc) is 2.32. The molecule has 0 aromatic rings. The minimum atomic E-state index is -1.15. The van der Waals surface area contributed by atoms with Crippen LogP contribution in [0.1, 0.15) is 32.6 Å². The average molecular weight is 255 g/mol. The van der Waals surface area contributed by atoms with Crippen LogP contribution in [0.15, 0.2) is 5.10 Å². The van der Waals surface area contributed by atoms with Gasteiger partial charge in [-0.1, -0.05) is 13.3 Å². The van der Waals surface area contributed by atoms with E-state index in [2.05, 4.69) is 10.4 Å². The largest absolute Gasteiger partial charge is 0.477 e. The molecule has 0 aliphatic carbocycles. The third kappa shape index (κ3) is 4.15. The summed E-state index contributed by atoms with van der Waals surface area (Å²) in [5.41, 5.74) is -0.0871. The van der Waals surface area contributed by atoms with Gasteiger partial charge in [0.05, 0.1) is 0 Å². The summed E-state index contributed by atoms with van der Waals surface area (Å²) in [5.74, 6) is -1.81. The van der Waals surface area contributed by atoms with E-state index < -0.39 is 5.97 Å². The molecule has 18 heavy (non-hydrogen) atoms. The molecule has 0 atom stereocenters. The normalized spacial score (nSPS) is 15.3. The zero-order chi connectivity index (χ0) is 13.5. The fraction of sp³-hybridized carbons (Fsp3) is 0.636. The molecule has 7 heteroatoms. The molecule has 7 nitrogen and oxygen atoms in total. The summed E-state index contributed by atoms with van der Waals surface area (Å²) in [4.78, 5) is 33.7. The van der Waals surface area contributed by atoms with Gasteiger partial charge in [0.25, 0.3) is 0 Å². The molecule has 0 aromatic heterocycles. The van der Waals surface area contributed by atoms with Crippen molar-refractivity contribution in [3.05, 3.63) is 0 Å². The number of amides is 2. The number of carbonyl (C=O) groups is 3. The number of hydrazone groups is 1. The number of hydrogen-bond donors (Lipinski definition) is 2. The summed E-state index contributed by atoms with van der Waals surface area (Å²) in [6, 6.07) is 0. The second-order valence-corrected chi connectivity index (χ2v) is 4.01. The van der Waals surface area contributed by atoms with Crippen molar-refractivity contribution in [3.63, 3.8) is 0 Å². The van der Waals surface area contributed by atoms with Gasteiger partial charge in [0.15, 0.2) is 0 Å². The van der Waals surface area contributed by atoms with Crippen molar-refractivity contribution in [1.29, 1.82) is 0 Å². The summed E-state index contributed by atoms with van der Waals surface area (Å²) >= 11 is 0. The summed E-state index contributed by atoms with van der Waals surface area (Å²) in [6.07, 6.45) is 2.02. The van der Waals surface area contributed by atoms with Crippen molar-refractivity contribution in [2.24, 2.45) is 5.10 Å². The molecule has 0 saturated carbocycles. The van der Waals surface area contributed by atoms with Gasteiger partial charge in [-0.2, -0.15) is 5.10 Å². The maximum Gasteiger partial charge on any atom is 0.352 e.